The molecule has 0 aliphatic carbocycles. The molecule has 19 heavy (non-hydrogen) atoms. The van der Waals surface area contributed by atoms with Crippen molar-refractivity contribution < 1.29 is 4.42 Å². The van der Waals surface area contributed by atoms with E-state index in [0.29, 0.717) is 0 Å². The Bertz CT molecular complexity index is 508. The summed E-state index contributed by atoms with van der Waals surface area (Å²) in [6, 6.07) is 2.02. The highest BCUT2D eigenvalue weighted by Crippen LogP contribution is 2.20. The largest absolute Gasteiger partial charge is 0.469 e. The number of aromatic nitrogens is 2. The second-order valence-corrected chi connectivity index (χ2v) is 5.40. The summed E-state index contributed by atoms with van der Waals surface area (Å²) in [5.41, 5.74) is 2.23. The molecule has 0 fully saturated rings. The fraction of sp³-hybridized carbons (Fsp3) is 0.538. The summed E-state index contributed by atoms with van der Waals surface area (Å²) in [6.45, 7) is 6.73. The number of nitrogens with one attached hydrogen (secondary N) is 1. The maximum absolute atomic E-state index is 5.31. The molecule has 104 valence electrons. The normalized spacial score (nSPS) is 11.2. The summed E-state index contributed by atoms with van der Waals surface area (Å²) in [6.07, 6.45) is 2.83. The summed E-state index contributed by atoms with van der Waals surface area (Å²) in [5, 5.41) is 8.65. The van der Waals surface area contributed by atoms with E-state index in [9.17, 15) is 0 Å². The van der Waals surface area contributed by atoms with E-state index < -0.39 is 0 Å². The van der Waals surface area contributed by atoms with Crippen LogP contribution < -0.4 is 5.32 Å². The summed E-state index contributed by atoms with van der Waals surface area (Å²) in [7, 11) is 2.08. The molecular formula is C13H20N4OS. The molecule has 6 heteroatoms. The van der Waals surface area contributed by atoms with Crippen LogP contribution in [0.5, 0.6) is 0 Å². The van der Waals surface area contributed by atoms with Crippen LogP contribution in [0.15, 0.2) is 16.7 Å². The Morgan fingerprint density at radius 3 is 2.95 bits per heavy atom. The monoisotopic (exact) mass is 280 g/mol. The van der Waals surface area contributed by atoms with E-state index in [4.69, 9.17) is 4.42 Å². The Morgan fingerprint density at radius 2 is 2.26 bits per heavy atom. The van der Waals surface area contributed by atoms with E-state index in [1.807, 2.05) is 13.0 Å². The lowest BCUT2D eigenvalue weighted by atomic mass is 10.2. The molecule has 2 aromatic heterocycles. The Hall–Kier alpha value is -1.40. The van der Waals surface area contributed by atoms with Gasteiger partial charge in [-0.3, -0.25) is 4.90 Å². The molecule has 0 amide bonds. The Labute approximate surface area is 117 Å². The van der Waals surface area contributed by atoms with E-state index in [-0.39, 0.29) is 0 Å². The summed E-state index contributed by atoms with van der Waals surface area (Å²) < 4.78 is 9.34. The zero-order chi connectivity index (χ0) is 13.7. The quantitative estimate of drug-likeness (QED) is 0.845. The maximum atomic E-state index is 5.31. The molecule has 0 unspecified atom stereocenters. The van der Waals surface area contributed by atoms with Gasteiger partial charge in [-0.15, -0.1) is 5.10 Å². The van der Waals surface area contributed by atoms with Crippen LogP contribution in [-0.4, -0.2) is 28.1 Å². The van der Waals surface area contributed by atoms with Gasteiger partial charge in [0, 0.05) is 36.7 Å². The number of hydrogen-bond donors (Lipinski definition) is 1. The van der Waals surface area contributed by atoms with Crippen molar-refractivity contribution in [3.8, 4) is 0 Å². The third-order valence-corrected chi connectivity index (χ3v) is 3.64. The highest BCUT2D eigenvalue weighted by atomic mass is 32.1. The van der Waals surface area contributed by atoms with Crippen molar-refractivity contribution in [2.45, 2.75) is 33.4 Å². The second-order valence-electron chi connectivity index (χ2n) is 4.65. The number of aryl methyl sites for hydroxylation is 1. The van der Waals surface area contributed by atoms with Gasteiger partial charge in [0.1, 0.15) is 16.5 Å². The molecule has 0 bridgehead atoms. The molecule has 5 nitrogen and oxygen atoms in total. The lowest BCUT2D eigenvalue weighted by Crippen LogP contribution is -2.18. The highest BCUT2D eigenvalue weighted by molar-refractivity contribution is 7.10. The van der Waals surface area contributed by atoms with Gasteiger partial charge in [-0.05, 0) is 26.5 Å². The van der Waals surface area contributed by atoms with Crippen LogP contribution in [0.25, 0.3) is 0 Å². The zero-order valence-corrected chi connectivity index (χ0v) is 12.5. The van der Waals surface area contributed by atoms with Crippen molar-refractivity contribution >= 4 is 16.5 Å². The van der Waals surface area contributed by atoms with Gasteiger partial charge in [-0.1, -0.05) is 11.4 Å². The van der Waals surface area contributed by atoms with E-state index in [1.54, 1.807) is 6.26 Å². The van der Waals surface area contributed by atoms with Gasteiger partial charge in [0.25, 0.3) is 0 Å². The van der Waals surface area contributed by atoms with Gasteiger partial charge in [0.2, 0.25) is 0 Å². The molecule has 0 aromatic carbocycles. The molecule has 0 radical (unpaired) electrons. The average Bonchev–Trinajstić information content (AvgIpc) is 2.97. The van der Waals surface area contributed by atoms with Crippen LogP contribution in [0.3, 0.4) is 0 Å². The van der Waals surface area contributed by atoms with Crippen LogP contribution >= 0.6 is 11.5 Å². The predicted molar refractivity (Wildman–Crippen MR) is 77.3 cm³/mol. The molecule has 0 aliphatic heterocycles. The SMILES string of the molecule is CCCNc1snnc1CN(C)Cc1ccoc1C. The number of hydrogen-bond acceptors (Lipinski definition) is 6. The van der Waals surface area contributed by atoms with Crippen molar-refractivity contribution in [1.29, 1.82) is 0 Å². The second kappa shape index (κ2) is 6.68. The van der Waals surface area contributed by atoms with Gasteiger partial charge in [-0.2, -0.15) is 0 Å². The fourth-order valence-corrected chi connectivity index (χ4v) is 2.46. The molecule has 0 spiro atoms. The molecule has 2 aromatic rings. The first-order chi connectivity index (χ1) is 9.20. The third-order valence-electron chi connectivity index (χ3n) is 2.92. The number of furan rings is 1. The zero-order valence-electron chi connectivity index (χ0n) is 11.6. The third kappa shape index (κ3) is 3.78. The van der Waals surface area contributed by atoms with Crippen molar-refractivity contribution in [3.05, 3.63) is 29.3 Å². The van der Waals surface area contributed by atoms with Crippen molar-refractivity contribution in [2.24, 2.45) is 0 Å². The first kappa shape index (κ1) is 14.0. The lowest BCUT2D eigenvalue weighted by Gasteiger charge is -2.15. The fourth-order valence-electron chi connectivity index (χ4n) is 1.86. The minimum Gasteiger partial charge on any atom is -0.469 e. The van der Waals surface area contributed by atoms with Gasteiger partial charge >= 0.3 is 0 Å². The molecule has 1 N–H and O–H groups in total. The molecule has 0 aliphatic rings. The first-order valence-electron chi connectivity index (χ1n) is 6.47. The molecule has 0 atom stereocenters. The molecule has 2 heterocycles. The molecule has 0 saturated carbocycles. The van der Waals surface area contributed by atoms with Crippen molar-refractivity contribution in [3.63, 3.8) is 0 Å². The van der Waals surface area contributed by atoms with Crippen molar-refractivity contribution in [1.82, 2.24) is 14.5 Å². The predicted octanol–water partition coefficient (Wildman–Crippen LogP) is 2.89. The highest BCUT2D eigenvalue weighted by Gasteiger charge is 2.12. The van der Waals surface area contributed by atoms with Crippen LogP contribution in [0, 0.1) is 6.92 Å². The maximum Gasteiger partial charge on any atom is 0.134 e. The smallest absolute Gasteiger partial charge is 0.134 e. The van der Waals surface area contributed by atoms with Gasteiger partial charge in [0.15, 0.2) is 0 Å². The number of nitrogens with zero attached hydrogens (tertiary/aromatic N) is 3. The van der Waals surface area contributed by atoms with Gasteiger partial charge in [0.05, 0.1) is 6.26 Å². The molecular weight excluding hydrogens is 260 g/mol. The van der Waals surface area contributed by atoms with Gasteiger partial charge in [-0.25, -0.2) is 0 Å². The van der Waals surface area contributed by atoms with Gasteiger partial charge < -0.3 is 9.73 Å². The Kier molecular flexibility index (Phi) is 4.93. The van der Waals surface area contributed by atoms with Crippen LogP contribution in [-0.2, 0) is 13.1 Å². The minimum absolute atomic E-state index is 0.785. The topological polar surface area (TPSA) is 54.2 Å². The molecule has 2 rings (SSSR count). The Balaban J connectivity index is 1.93. The average molecular weight is 280 g/mol. The summed E-state index contributed by atoms with van der Waals surface area (Å²) >= 11 is 1.43. The van der Waals surface area contributed by atoms with Crippen molar-refractivity contribution in [2.75, 3.05) is 18.9 Å². The number of anilines is 1. The number of rotatable bonds is 7. The van der Waals surface area contributed by atoms with E-state index in [1.165, 1.54) is 17.1 Å². The minimum atomic E-state index is 0.785. The van der Waals surface area contributed by atoms with Crippen LogP contribution in [0.4, 0.5) is 5.00 Å². The van der Waals surface area contributed by atoms with Crippen LogP contribution in [0.2, 0.25) is 0 Å². The summed E-state index contributed by atoms with van der Waals surface area (Å²) in [5.74, 6) is 0.979. The van der Waals surface area contributed by atoms with Crippen LogP contribution in [0.1, 0.15) is 30.4 Å². The molecule has 0 saturated heterocycles. The Morgan fingerprint density at radius 1 is 1.42 bits per heavy atom. The first-order valence-corrected chi connectivity index (χ1v) is 7.24. The summed E-state index contributed by atoms with van der Waals surface area (Å²) in [4.78, 5) is 2.21. The van der Waals surface area contributed by atoms with E-state index in [0.717, 1.165) is 42.5 Å². The van der Waals surface area contributed by atoms with E-state index in [2.05, 4.69) is 33.8 Å². The van der Waals surface area contributed by atoms with E-state index >= 15 is 0 Å². The lowest BCUT2D eigenvalue weighted by molar-refractivity contribution is 0.313. The standard InChI is InChI=1S/C13H20N4OS/c1-4-6-14-13-12(15-16-19-13)9-17(3)8-11-5-7-18-10(11)2/h5,7,14H,4,6,8-9H2,1-3H3.